The molecule has 2 aliphatic rings. The second-order valence-electron chi connectivity index (χ2n) is 8.72. The molecule has 1 aliphatic carbocycles. The highest BCUT2D eigenvalue weighted by atomic mass is 19.4. The number of amides is 1. The van der Waals surface area contributed by atoms with Crippen LogP contribution in [0.25, 0.3) is 0 Å². The molecule has 184 valence electrons. The van der Waals surface area contributed by atoms with Crippen LogP contribution in [0.3, 0.4) is 0 Å². The molecule has 2 fully saturated rings. The summed E-state index contributed by atoms with van der Waals surface area (Å²) >= 11 is 0. The van der Waals surface area contributed by atoms with Gasteiger partial charge in [0.1, 0.15) is 12.2 Å². The van der Waals surface area contributed by atoms with E-state index in [1.165, 1.54) is 25.4 Å². The highest BCUT2D eigenvalue weighted by Gasteiger charge is 2.66. The fraction of sp³-hybridized carbons (Fsp3) is 0.500. The Kier molecular flexibility index (Phi) is 6.23. The maximum absolute atomic E-state index is 14.8. The number of carbonyl (C=O) groups is 1. The molecule has 12 heteroatoms. The highest BCUT2D eigenvalue weighted by Crippen LogP contribution is 2.55. The zero-order valence-corrected chi connectivity index (χ0v) is 18.1. The monoisotopic (exact) mass is 487 g/mol. The highest BCUT2D eigenvalue weighted by molar-refractivity contribution is 5.95. The number of aromatic nitrogens is 2. The fourth-order valence-electron chi connectivity index (χ4n) is 4.33. The average molecular weight is 487 g/mol. The lowest BCUT2D eigenvalue weighted by molar-refractivity contribution is -0.272. The predicted octanol–water partition coefficient (Wildman–Crippen LogP) is 3.74. The van der Waals surface area contributed by atoms with Crippen LogP contribution in [0, 0.1) is 17.6 Å². The standard InChI is InChI=1S/C22H22F5N3O4/c1-10-16(14-3-4-15(23)17(24)18(14)33-13-7-12(31)8-13)19(34-21(10,2)22(25,26)27)20(32)30-11-5-6-28-29-9-11/h3-6,9-10,12-13,16,19,31H,7-8H2,1-2H3,(H,28,30,32)/t10-,12-,13+,16-,19+,21+/m0/s1. The summed E-state index contributed by atoms with van der Waals surface area (Å²) in [6, 6.07) is 3.25. The molecule has 4 rings (SSSR count). The number of aliphatic hydroxyl groups is 1. The van der Waals surface area contributed by atoms with Gasteiger partial charge in [-0.05, 0) is 19.1 Å². The number of nitrogens with one attached hydrogen (secondary N) is 1. The molecule has 1 saturated carbocycles. The second kappa shape index (κ2) is 8.73. The van der Waals surface area contributed by atoms with Crippen LogP contribution in [-0.4, -0.2) is 51.3 Å². The molecular weight excluding hydrogens is 465 g/mol. The first-order valence-electron chi connectivity index (χ1n) is 10.6. The first-order chi connectivity index (χ1) is 15.9. The minimum atomic E-state index is -4.87. The number of carbonyl (C=O) groups excluding carboxylic acids is 1. The van der Waals surface area contributed by atoms with Crippen LogP contribution < -0.4 is 10.1 Å². The summed E-state index contributed by atoms with van der Waals surface area (Å²) in [5.74, 6) is -6.87. The number of rotatable bonds is 5. The van der Waals surface area contributed by atoms with Crippen LogP contribution in [0.15, 0.2) is 30.6 Å². The largest absolute Gasteiger partial charge is 0.487 e. The van der Waals surface area contributed by atoms with Crippen molar-refractivity contribution < 1.29 is 41.3 Å². The number of hydrogen-bond donors (Lipinski definition) is 2. The van der Waals surface area contributed by atoms with Crippen molar-refractivity contribution >= 4 is 11.6 Å². The second-order valence-corrected chi connectivity index (χ2v) is 8.72. The van der Waals surface area contributed by atoms with Crippen molar-refractivity contribution in [2.45, 2.75) is 62.7 Å². The molecule has 1 aromatic carbocycles. The van der Waals surface area contributed by atoms with Crippen molar-refractivity contribution in [2.75, 3.05) is 5.32 Å². The Hall–Kier alpha value is -2.86. The van der Waals surface area contributed by atoms with Gasteiger partial charge in [0.25, 0.3) is 5.91 Å². The Morgan fingerprint density at radius 3 is 2.53 bits per heavy atom. The summed E-state index contributed by atoms with van der Waals surface area (Å²) in [4.78, 5) is 13.1. The molecule has 4 atom stereocenters. The van der Waals surface area contributed by atoms with E-state index in [4.69, 9.17) is 9.47 Å². The molecule has 34 heavy (non-hydrogen) atoms. The third-order valence-corrected chi connectivity index (χ3v) is 6.57. The number of aliphatic hydroxyl groups excluding tert-OH is 1. The quantitative estimate of drug-likeness (QED) is 0.625. The molecule has 1 aliphatic heterocycles. The Morgan fingerprint density at radius 1 is 1.24 bits per heavy atom. The van der Waals surface area contributed by atoms with Gasteiger partial charge >= 0.3 is 6.18 Å². The Morgan fingerprint density at radius 2 is 1.94 bits per heavy atom. The molecule has 0 spiro atoms. The van der Waals surface area contributed by atoms with Gasteiger partial charge in [0, 0.05) is 30.2 Å². The zero-order valence-electron chi connectivity index (χ0n) is 18.1. The van der Waals surface area contributed by atoms with Gasteiger partial charge in [0.2, 0.25) is 5.82 Å². The first kappa shape index (κ1) is 24.3. The van der Waals surface area contributed by atoms with E-state index in [0.717, 1.165) is 19.1 Å². The maximum atomic E-state index is 14.8. The molecule has 1 amide bonds. The van der Waals surface area contributed by atoms with Crippen molar-refractivity contribution in [1.29, 1.82) is 0 Å². The number of alkyl halides is 3. The van der Waals surface area contributed by atoms with Crippen LogP contribution in [0.2, 0.25) is 0 Å². The Balaban J connectivity index is 1.76. The molecule has 2 N–H and O–H groups in total. The van der Waals surface area contributed by atoms with E-state index in [9.17, 15) is 31.9 Å². The third-order valence-electron chi connectivity index (χ3n) is 6.57. The Bertz CT molecular complexity index is 1060. The van der Waals surface area contributed by atoms with Crippen LogP contribution >= 0.6 is 0 Å². The summed E-state index contributed by atoms with van der Waals surface area (Å²) in [6.07, 6.45) is -5.10. The Labute approximate surface area is 191 Å². The lowest BCUT2D eigenvalue weighted by Gasteiger charge is -2.34. The molecule has 0 radical (unpaired) electrons. The SMILES string of the molecule is C[C@H]1[C@@H](c2ccc(F)c(F)c2O[C@H]2C[C@@H](O)C2)[C@H](C(=O)Nc2ccnnc2)O[C@@]1(C)C(F)(F)F. The summed E-state index contributed by atoms with van der Waals surface area (Å²) in [5.41, 5.74) is -2.72. The van der Waals surface area contributed by atoms with Crippen molar-refractivity contribution in [1.82, 2.24) is 10.2 Å². The maximum Gasteiger partial charge on any atom is 0.417 e. The summed E-state index contributed by atoms with van der Waals surface area (Å²) in [6.45, 7) is 2.05. The molecule has 2 aromatic rings. The minimum Gasteiger partial charge on any atom is -0.487 e. The van der Waals surface area contributed by atoms with E-state index in [1.807, 2.05) is 0 Å². The normalized spacial score (nSPS) is 31.1. The van der Waals surface area contributed by atoms with E-state index in [1.54, 1.807) is 0 Å². The van der Waals surface area contributed by atoms with Crippen molar-refractivity contribution in [3.05, 3.63) is 47.8 Å². The summed E-state index contributed by atoms with van der Waals surface area (Å²) in [5, 5.41) is 19.1. The number of hydrogen-bond acceptors (Lipinski definition) is 6. The fourth-order valence-corrected chi connectivity index (χ4v) is 4.33. The van der Waals surface area contributed by atoms with Crippen LogP contribution in [0.4, 0.5) is 27.6 Å². The van der Waals surface area contributed by atoms with E-state index in [-0.39, 0.29) is 24.1 Å². The van der Waals surface area contributed by atoms with E-state index < -0.39 is 65.2 Å². The minimum absolute atomic E-state index is 0.131. The lowest BCUT2D eigenvalue weighted by Crippen LogP contribution is -2.47. The van der Waals surface area contributed by atoms with E-state index in [2.05, 4.69) is 15.5 Å². The van der Waals surface area contributed by atoms with Gasteiger partial charge in [0.05, 0.1) is 24.2 Å². The van der Waals surface area contributed by atoms with Crippen LogP contribution in [0.5, 0.6) is 5.75 Å². The molecule has 1 saturated heterocycles. The van der Waals surface area contributed by atoms with Crippen molar-refractivity contribution in [2.24, 2.45) is 5.92 Å². The molecule has 0 bridgehead atoms. The first-order valence-corrected chi connectivity index (χ1v) is 10.6. The van der Waals surface area contributed by atoms with E-state index in [0.29, 0.717) is 0 Å². The van der Waals surface area contributed by atoms with Gasteiger partial charge in [-0.15, -0.1) is 0 Å². The van der Waals surface area contributed by atoms with Crippen LogP contribution in [-0.2, 0) is 9.53 Å². The average Bonchev–Trinajstić information content (AvgIpc) is 3.03. The van der Waals surface area contributed by atoms with Gasteiger partial charge < -0.3 is 19.9 Å². The topological polar surface area (TPSA) is 93.6 Å². The van der Waals surface area contributed by atoms with Crippen molar-refractivity contribution in [3.63, 3.8) is 0 Å². The smallest absolute Gasteiger partial charge is 0.417 e. The van der Waals surface area contributed by atoms with Crippen molar-refractivity contribution in [3.8, 4) is 5.75 Å². The molecular formula is C22H22F5N3O4. The van der Waals surface area contributed by atoms with E-state index >= 15 is 0 Å². The lowest BCUT2D eigenvalue weighted by atomic mass is 9.76. The molecule has 1 aromatic heterocycles. The number of nitrogens with zero attached hydrogens (tertiary/aromatic N) is 2. The molecule has 7 nitrogen and oxygen atoms in total. The van der Waals surface area contributed by atoms with Gasteiger partial charge in [-0.1, -0.05) is 13.0 Å². The van der Waals surface area contributed by atoms with Gasteiger partial charge in [-0.25, -0.2) is 4.39 Å². The van der Waals surface area contributed by atoms with Crippen LogP contribution in [0.1, 0.15) is 38.2 Å². The zero-order chi connectivity index (χ0) is 24.8. The molecule has 0 unspecified atom stereocenters. The molecule has 2 heterocycles. The summed E-state index contributed by atoms with van der Waals surface area (Å²) in [7, 11) is 0. The number of benzene rings is 1. The predicted molar refractivity (Wildman–Crippen MR) is 108 cm³/mol. The number of ether oxygens (including phenoxy) is 2. The number of anilines is 1. The summed E-state index contributed by atoms with van der Waals surface area (Å²) < 4.78 is 81.9. The third kappa shape index (κ3) is 4.20. The number of halogens is 5. The van der Waals surface area contributed by atoms with Gasteiger partial charge in [0.15, 0.2) is 17.2 Å². The van der Waals surface area contributed by atoms with Gasteiger partial charge in [-0.3, -0.25) is 4.79 Å². The van der Waals surface area contributed by atoms with Gasteiger partial charge in [-0.2, -0.15) is 27.8 Å².